The molecule has 1 aliphatic heterocycles. The Morgan fingerprint density at radius 1 is 1.24 bits per heavy atom. The zero-order chi connectivity index (χ0) is 18.6. The summed E-state index contributed by atoms with van der Waals surface area (Å²) in [5.41, 5.74) is -0.122. The van der Waals surface area contributed by atoms with Gasteiger partial charge in [-0.05, 0) is 31.2 Å². The van der Waals surface area contributed by atoms with Gasteiger partial charge in [-0.25, -0.2) is 0 Å². The molecule has 2 aromatic rings. The van der Waals surface area contributed by atoms with Crippen LogP contribution in [0.1, 0.15) is 26.3 Å². The molecule has 25 heavy (non-hydrogen) atoms. The predicted molar refractivity (Wildman–Crippen MR) is 91.7 cm³/mol. The molecule has 0 bridgehead atoms. The first kappa shape index (κ1) is 19.5. The van der Waals surface area contributed by atoms with Crippen LogP contribution in [0.2, 0.25) is 0 Å². The van der Waals surface area contributed by atoms with E-state index in [2.05, 4.69) is 4.98 Å². The molecule has 7 heteroatoms. The van der Waals surface area contributed by atoms with E-state index in [4.69, 9.17) is 4.74 Å². The first-order valence-corrected chi connectivity index (χ1v) is 8.36. The minimum Gasteiger partial charge on any atom is -0.394 e. The van der Waals surface area contributed by atoms with Crippen molar-refractivity contribution < 1.29 is 23.0 Å². The quantitative estimate of drug-likeness (QED) is 0.887. The van der Waals surface area contributed by atoms with Crippen LogP contribution in [0.25, 0.3) is 10.9 Å². The van der Waals surface area contributed by atoms with Crippen molar-refractivity contribution in [3.05, 3.63) is 36.0 Å². The molecule has 0 spiro atoms. The van der Waals surface area contributed by atoms with Crippen LogP contribution in [-0.2, 0) is 10.9 Å². The summed E-state index contributed by atoms with van der Waals surface area (Å²) in [7, 11) is 0. The number of fused-ring (bicyclic) bond motifs is 1. The Kier molecular flexibility index (Phi) is 6.24. The Bertz CT molecular complexity index is 706. The number of nitrogens with zero attached hydrogens (tertiary/aromatic N) is 2. The lowest BCUT2D eigenvalue weighted by Crippen LogP contribution is -2.48. The molecular formula is C18H23F3N2O2. The van der Waals surface area contributed by atoms with Gasteiger partial charge in [0.05, 0.1) is 29.9 Å². The number of halogens is 3. The summed E-state index contributed by atoms with van der Waals surface area (Å²) in [5.74, 6) is 0. The van der Waals surface area contributed by atoms with Crippen LogP contribution in [0.5, 0.6) is 0 Å². The number of benzene rings is 1. The van der Waals surface area contributed by atoms with E-state index in [1.165, 1.54) is 12.3 Å². The second-order valence-electron chi connectivity index (χ2n) is 5.69. The van der Waals surface area contributed by atoms with Crippen LogP contribution in [0.3, 0.4) is 0 Å². The molecule has 4 nitrogen and oxygen atoms in total. The second-order valence-corrected chi connectivity index (χ2v) is 5.69. The van der Waals surface area contributed by atoms with Crippen molar-refractivity contribution in [3.8, 4) is 0 Å². The Labute approximate surface area is 145 Å². The molecule has 1 aromatic heterocycles. The van der Waals surface area contributed by atoms with Gasteiger partial charge in [0, 0.05) is 30.4 Å². The molecule has 0 radical (unpaired) electrons. The largest absolute Gasteiger partial charge is 0.418 e. The van der Waals surface area contributed by atoms with Gasteiger partial charge in [0.1, 0.15) is 0 Å². The number of rotatable bonds is 2. The lowest BCUT2D eigenvalue weighted by Gasteiger charge is -2.38. The minimum atomic E-state index is -4.45. The van der Waals surface area contributed by atoms with Gasteiger partial charge in [-0.15, -0.1) is 0 Å². The molecule has 1 fully saturated rings. The highest BCUT2D eigenvalue weighted by atomic mass is 19.4. The fourth-order valence-electron chi connectivity index (χ4n) is 3.00. The maximum atomic E-state index is 13.2. The van der Waals surface area contributed by atoms with Gasteiger partial charge in [0.15, 0.2) is 0 Å². The van der Waals surface area contributed by atoms with Crippen LogP contribution in [0.15, 0.2) is 30.5 Å². The third kappa shape index (κ3) is 4.22. The number of alkyl halides is 3. The maximum Gasteiger partial charge on any atom is 0.418 e. The highest BCUT2D eigenvalue weighted by Gasteiger charge is 2.34. The van der Waals surface area contributed by atoms with Gasteiger partial charge in [-0.3, -0.25) is 4.98 Å². The molecule has 1 saturated heterocycles. The fraction of sp³-hybridized carbons (Fsp3) is 0.500. The van der Waals surface area contributed by atoms with Gasteiger partial charge in [0.2, 0.25) is 0 Å². The van der Waals surface area contributed by atoms with E-state index in [-0.39, 0.29) is 24.3 Å². The average molecular weight is 356 g/mol. The van der Waals surface area contributed by atoms with Gasteiger partial charge in [-0.2, -0.15) is 13.2 Å². The van der Waals surface area contributed by atoms with E-state index in [1.807, 2.05) is 25.7 Å². The standard InChI is InChI=1S/C16H17F3N2O2.C2H6/c1-10-7-21(8-11(9-22)23-10)14-5-4-13(16(17,18)19)15-12(14)3-2-6-20-15;1-2/h2-6,10-11,22H,7-9H2,1H3;1-2H3. The third-order valence-corrected chi connectivity index (χ3v) is 3.92. The Morgan fingerprint density at radius 2 is 1.96 bits per heavy atom. The van der Waals surface area contributed by atoms with Crippen LogP contribution in [0.4, 0.5) is 18.9 Å². The molecule has 1 aromatic carbocycles. The topological polar surface area (TPSA) is 45.6 Å². The van der Waals surface area contributed by atoms with Crippen molar-refractivity contribution in [1.29, 1.82) is 0 Å². The van der Waals surface area contributed by atoms with Crippen molar-refractivity contribution in [3.63, 3.8) is 0 Å². The summed E-state index contributed by atoms with van der Waals surface area (Å²) in [5, 5.41) is 9.78. The smallest absolute Gasteiger partial charge is 0.394 e. The number of anilines is 1. The van der Waals surface area contributed by atoms with Crippen molar-refractivity contribution in [2.24, 2.45) is 0 Å². The number of hydrogen-bond donors (Lipinski definition) is 1. The van der Waals surface area contributed by atoms with E-state index in [0.717, 1.165) is 6.07 Å². The van der Waals surface area contributed by atoms with E-state index >= 15 is 0 Å². The van der Waals surface area contributed by atoms with Crippen LogP contribution in [-0.4, -0.2) is 42.0 Å². The number of pyridine rings is 1. The SMILES string of the molecule is CC.CC1CN(c2ccc(C(F)(F)F)c3ncccc23)CC(CO)O1. The summed E-state index contributed by atoms with van der Waals surface area (Å²) in [4.78, 5) is 5.88. The summed E-state index contributed by atoms with van der Waals surface area (Å²) >= 11 is 0. The van der Waals surface area contributed by atoms with Crippen LogP contribution >= 0.6 is 0 Å². The number of hydrogen-bond acceptors (Lipinski definition) is 4. The highest BCUT2D eigenvalue weighted by molar-refractivity contribution is 5.94. The molecule has 2 unspecified atom stereocenters. The van der Waals surface area contributed by atoms with E-state index in [0.29, 0.717) is 24.2 Å². The number of aliphatic hydroxyl groups is 1. The predicted octanol–water partition coefficient (Wildman–Crippen LogP) is 3.87. The summed E-state index contributed by atoms with van der Waals surface area (Å²) in [6.07, 6.45) is -3.56. The van der Waals surface area contributed by atoms with Crippen molar-refractivity contribution in [2.75, 3.05) is 24.6 Å². The third-order valence-electron chi connectivity index (χ3n) is 3.92. The molecule has 1 aliphatic rings. The molecule has 3 rings (SSSR count). The monoisotopic (exact) mass is 356 g/mol. The number of aliphatic hydroxyl groups excluding tert-OH is 1. The molecule has 0 aliphatic carbocycles. The fourth-order valence-corrected chi connectivity index (χ4v) is 3.00. The first-order chi connectivity index (χ1) is 11.9. The van der Waals surface area contributed by atoms with Crippen LogP contribution in [0, 0.1) is 0 Å². The number of morpholine rings is 1. The Morgan fingerprint density at radius 3 is 2.60 bits per heavy atom. The summed E-state index contributed by atoms with van der Waals surface area (Å²) in [6, 6.07) is 5.80. The summed E-state index contributed by atoms with van der Waals surface area (Å²) < 4.78 is 45.1. The Balaban J connectivity index is 0.00000109. The molecule has 2 atom stereocenters. The van der Waals surface area contributed by atoms with Gasteiger partial charge in [0.25, 0.3) is 0 Å². The molecule has 0 amide bonds. The molecular weight excluding hydrogens is 333 g/mol. The van der Waals surface area contributed by atoms with E-state index < -0.39 is 11.7 Å². The maximum absolute atomic E-state index is 13.2. The first-order valence-electron chi connectivity index (χ1n) is 8.36. The van der Waals surface area contributed by atoms with E-state index in [9.17, 15) is 18.3 Å². The highest BCUT2D eigenvalue weighted by Crippen LogP contribution is 2.38. The molecule has 0 saturated carbocycles. The lowest BCUT2D eigenvalue weighted by atomic mass is 10.1. The van der Waals surface area contributed by atoms with Crippen molar-refractivity contribution in [2.45, 2.75) is 39.2 Å². The molecule has 138 valence electrons. The van der Waals surface area contributed by atoms with E-state index in [1.54, 1.807) is 12.1 Å². The Hall–Kier alpha value is -1.86. The zero-order valence-corrected chi connectivity index (χ0v) is 14.5. The second kappa shape index (κ2) is 8.01. The number of aromatic nitrogens is 1. The molecule has 1 N–H and O–H groups in total. The number of ether oxygens (including phenoxy) is 1. The van der Waals surface area contributed by atoms with Crippen molar-refractivity contribution in [1.82, 2.24) is 4.98 Å². The average Bonchev–Trinajstić information content (AvgIpc) is 2.61. The minimum absolute atomic E-state index is 0.0582. The van der Waals surface area contributed by atoms with Crippen LogP contribution < -0.4 is 4.90 Å². The van der Waals surface area contributed by atoms with Crippen molar-refractivity contribution >= 4 is 16.6 Å². The zero-order valence-electron chi connectivity index (χ0n) is 14.5. The van der Waals surface area contributed by atoms with Gasteiger partial charge < -0.3 is 14.7 Å². The lowest BCUT2D eigenvalue weighted by molar-refractivity contribution is -0.136. The van der Waals surface area contributed by atoms with Gasteiger partial charge >= 0.3 is 6.18 Å². The normalized spacial score (nSPS) is 21.0. The molecule has 2 heterocycles. The van der Waals surface area contributed by atoms with Gasteiger partial charge in [-0.1, -0.05) is 13.8 Å². The summed E-state index contributed by atoms with van der Waals surface area (Å²) in [6.45, 7) is 6.72.